The third-order valence-electron chi connectivity index (χ3n) is 3.94. The van der Waals surface area contributed by atoms with Crippen LogP contribution in [0, 0.1) is 12.7 Å². The highest BCUT2D eigenvalue weighted by Gasteiger charge is 2.17. The topological polar surface area (TPSA) is 89.3 Å². The van der Waals surface area contributed by atoms with E-state index in [1.54, 1.807) is 19.1 Å². The van der Waals surface area contributed by atoms with Crippen LogP contribution < -0.4 is 15.4 Å². The van der Waals surface area contributed by atoms with Gasteiger partial charge in [-0.05, 0) is 50.2 Å². The Kier molecular flexibility index (Phi) is 6.21. The molecule has 0 spiro atoms. The first-order valence-electron chi connectivity index (χ1n) is 8.84. The summed E-state index contributed by atoms with van der Waals surface area (Å²) >= 11 is 0. The Morgan fingerprint density at radius 2 is 1.89 bits per heavy atom. The zero-order chi connectivity index (χ0) is 19.9. The number of nitrogens with zero attached hydrogens (tertiary/aromatic N) is 2. The lowest BCUT2D eigenvalue weighted by Gasteiger charge is -2.11. The van der Waals surface area contributed by atoms with Crippen LogP contribution in [0.5, 0.6) is 5.75 Å². The molecule has 1 atom stereocenters. The van der Waals surface area contributed by atoms with E-state index in [-0.39, 0.29) is 17.7 Å². The minimum absolute atomic E-state index is 0.255. The fourth-order valence-electron chi connectivity index (χ4n) is 2.40. The van der Waals surface area contributed by atoms with Crippen LogP contribution in [0.25, 0.3) is 11.4 Å². The van der Waals surface area contributed by atoms with Crippen LogP contribution in [0.15, 0.2) is 53.1 Å². The van der Waals surface area contributed by atoms with Gasteiger partial charge in [0.2, 0.25) is 11.7 Å². The number of nitrogens with one attached hydrogen (secondary N) is 2. The summed E-state index contributed by atoms with van der Waals surface area (Å²) in [5.74, 6) is 0.992. The lowest BCUT2D eigenvalue weighted by molar-refractivity contribution is 0.230. The van der Waals surface area contributed by atoms with Crippen molar-refractivity contribution in [2.45, 2.75) is 19.9 Å². The first-order chi connectivity index (χ1) is 13.5. The van der Waals surface area contributed by atoms with Gasteiger partial charge >= 0.3 is 6.03 Å². The van der Waals surface area contributed by atoms with Gasteiger partial charge in [-0.1, -0.05) is 22.9 Å². The number of halogens is 1. The molecule has 28 heavy (non-hydrogen) atoms. The van der Waals surface area contributed by atoms with Crippen molar-refractivity contribution in [3.63, 3.8) is 0 Å². The number of rotatable bonds is 7. The van der Waals surface area contributed by atoms with Crippen LogP contribution in [-0.4, -0.2) is 29.3 Å². The maximum atomic E-state index is 13.0. The maximum absolute atomic E-state index is 13.0. The molecule has 2 amide bonds. The van der Waals surface area contributed by atoms with Gasteiger partial charge in [0.15, 0.2) is 0 Å². The molecule has 0 aliphatic rings. The van der Waals surface area contributed by atoms with Crippen LogP contribution >= 0.6 is 0 Å². The molecule has 2 N–H and O–H groups in total. The molecule has 0 aliphatic heterocycles. The van der Waals surface area contributed by atoms with E-state index in [2.05, 4.69) is 20.8 Å². The van der Waals surface area contributed by atoms with Gasteiger partial charge in [0, 0.05) is 5.56 Å². The summed E-state index contributed by atoms with van der Waals surface area (Å²) in [6.07, 6.45) is 0. The number of aryl methyl sites for hydroxylation is 1. The van der Waals surface area contributed by atoms with Gasteiger partial charge in [-0.2, -0.15) is 4.98 Å². The van der Waals surface area contributed by atoms with Crippen LogP contribution in [0.4, 0.5) is 9.18 Å². The number of hydrogen-bond donors (Lipinski definition) is 2. The van der Waals surface area contributed by atoms with Crippen molar-refractivity contribution in [1.29, 1.82) is 0 Å². The van der Waals surface area contributed by atoms with Crippen molar-refractivity contribution in [3.8, 4) is 17.1 Å². The molecule has 1 unspecified atom stereocenters. The SMILES string of the molecule is Cc1ccc(OCCNC(=O)NC(C)c2nc(-c3ccc(F)cc3)no2)cc1. The standard InChI is InChI=1S/C20H21FN4O3/c1-13-3-9-17(10-4-13)27-12-11-22-20(26)23-14(2)19-24-18(25-28-19)15-5-7-16(21)8-6-15/h3-10,14H,11-12H2,1-2H3,(H2,22,23,26). The molecule has 2 aromatic carbocycles. The monoisotopic (exact) mass is 384 g/mol. The zero-order valence-electron chi connectivity index (χ0n) is 15.6. The van der Waals surface area contributed by atoms with Crippen molar-refractivity contribution < 1.29 is 18.4 Å². The van der Waals surface area contributed by atoms with Crippen LogP contribution in [0.1, 0.15) is 24.4 Å². The fraction of sp³-hybridized carbons (Fsp3) is 0.250. The van der Waals surface area contributed by atoms with Gasteiger partial charge < -0.3 is 19.9 Å². The van der Waals surface area contributed by atoms with E-state index < -0.39 is 6.04 Å². The smallest absolute Gasteiger partial charge is 0.315 e. The van der Waals surface area contributed by atoms with E-state index in [9.17, 15) is 9.18 Å². The quantitative estimate of drug-likeness (QED) is 0.607. The predicted molar refractivity (Wildman–Crippen MR) is 101 cm³/mol. The second-order valence-electron chi connectivity index (χ2n) is 6.25. The Morgan fingerprint density at radius 3 is 2.61 bits per heavy atom. The summed E-state index contributed by atoms with van der Waals surface area (Å²) in [4.78, 5) is 16.2. The zero-order valence-corrected chi connectivity index (χ0v) is 15.6. The van der Waals surface area contributed by atoms with Crippen LogP contribution in [-0.2, 0) is 0 Å². The largest absolute Gasteiger partial charge is 0.492 e. The number of urea groups is 1. The second-order valence-corrected chi connectivity index (χ2v) is 6.25. The molecule has 7 nitrogen and oxygen atoms in total. The molecular weight excluding hydrogens is 363 g/mol. The highest BCUT2D eigenvalue weighted by atomic mass is 19.1. The maximum Gasteiger partial charge on any atom is 0.315 e. The van der Waals surface area contributed by atoms with E-state index in [4.69, 9.17) is 9.26 Å². The Bertz CT molecular complexity index is 910. The lowest BCUT2D eigenvalue weighted by Crippen LogP contribution is -2.39. The molecule has 0 bridgehead atoms. The van der Waals surface area contributed by atoms with Crippen molar-refractivity contribution in [2.75, 3.05) is 13.2 Å². The Labute approximate surface area is 161 Å². The average molecular weight is 384 g/mol. The number of benzene rings is 2. The molecule has 146 valence electrons. The molecule has 0 radical (unpaired) electrons. The molecule has 0 saturated heterocycles. The number of aromatic nitrogens is 2. The second kappa shape index (κ2) is 8.98. The van der Waals surface area contributed by atoms with E-state index in [1.165, 1.54) is 12.1 Å². The first-order valence-corrected chi connectivity index (χ1v) is 8.84. The molecule has 0 aliphatic carbocycles. The molecule has 1 aromatic heterocycles. The molecular formula is C20H21FN4O3. The average Bonchev–Trinajstić information content (AvgIpc) is 3.17. The third kappa shape index (κ3) is 5.29. The minimum atomic E-state index is -0.486. The summed E-state index contributed by atoms with van der Waals surface area (Å²) < 4.78 is 23.7. The Balaban J connectivity index is 1.44. The van der Waals surface area contributed by atoms with Crippen molar-refractivity contribution in [1.82, 2.24) is 20.8 Å². The highest BCUT2D eigenvalue weighted by molar-refractivity contribution is 5.74. The number of amides is 2. The fourth-order valence-corrected chi connectivity index (χ4v) is 2.40. The predicted octanol–water partition coefficient (Wildman–Crippen LogP) is 3.62. The van der Waals surface area contributed by atoms with Crippen molar-refractivity contribution in [3.05, 3.63) is 65.8 Å². The van der Waals surface area contributed by atoms with Crippen LogP contribution in [0.3, 0.4) is 0 Å². The van der Waals surface area contributed by atoms with Crippen molar-refractivity contribution in [2.24, 2.45) is 0 Å². The van der Waals surface area contributed by atoms with Crippen molar-refractivity contribution >= 4 is 6.03 Å². The Hall–Kier alpha value is -3.42. The van der Waals surface area contributed by atoms with Gasteiger partial charge in [-0.25, -0.2) is 9.18 Å². The molecule has 1 heterocycles. The Morgan fingerprint density at radius 1 is 1.18 bits per heavy atom. The molecule has 0 fully saturated rings. The molecule has 8 heteroatoms. The van der Waals surface area contributed by atoms with Gasteiger partial charge in [-0.15, -0.1) is 0 Å². The number of carbonyl (C=O) groups excluding carboxylic acids is 1. The molecule has 3 aromatic rings. The van der Waals surface area contributed by atoms with E-state index in [0.717, 1.165) is 11.3 Å². The molecule has 0 saturated carbocycles. The minimum Gasteiger partial charge on any atom is -0.492 e. The van der Waals surface area contributed by atoms with E-state index in [1.807, 2.05) is 31.2 Å². The normalized spacial score (nSPS) is 11.7. The summed E-state index contributed by atoms with van der Waals surface area (Å²) in [5, 5.41) is 9.28. The summed E-state index contributed by atoms with van der Waals surface area (Å²) in [6.45, 7) is 4.42. The van der Waals surface area contributed by atoms with Crippen LogP contribution in [0.2, 0.25) is 0 Å². The third-order valence-corrected chi connectivity index (χ3v) is 3.94. The summed E-state index contributed by atoms with van der Waals surface area (Å²) in [7, 11) is 0. The van der Waals surface area contributed by atoms with Gasteiger partial charge in [0.05, 0.1) is 6.54 Å². The summed E-state index contributed by atoms with van der Waals surface area (Å²) in [6, 6.07) is 12.6. The van der Waals surface area contributed by atoms with E-state index in [0.29, 0.717) is 24.5 Å². The highest BCUT2D eigenvalue weighted by Crippen LogP contribution is 2.18. The van der Waals surface area contributed by atoms with Gasteiger partial charge in [0.1, 0.15) is 24.2 Å². The lowest BCUT2D eigenvalue weighted by atomic mass is 10.2. The number of ether oxygens (including phenoxy) is 1. The molecule has 3 rings (SSSR count). The summed E-state index contributed by atoms with van der Waals surface area (Å²) in [5.41, 5.74) is 1.78. The van der Waals surface area contributed by atoms with Gasteiger partial charge in [-0.3, -0.25) is 0 Å². The van der Waals surface area contributed by atoms with E-state index >= 15 is 0 Å². The first kappa shape index (κ1) is 19.3. The number of hydrogen-bond acceptors (Lipinski definition) is 5. The number of carbonyl (C=O) groups is 1. The van der Waals surface area contributed by atoms with Gasteiger partial charge in [0.25, 0.3) is 0 Å².